The Hall–Kier alpha value is -2.29. The molecule has 1 aromatic carbocycles. The topological polar surface area (TPSA) is 81.1 Å². The second-order valence-electron chi connectivity index (χ2n) is 3.53. The summed E-state index contributed by atoms with van der Waals surface area (Å²) in [4.78, 5) is 11.8. The molecule has 1 amide bonds. The van der Waals surface area contributed by atoms with Crippen LogP contribution in [0.3, 0.4) is 0 Å². The summed E-state index contributed by atoms with van der Waals surface area (Å²) < 4.78 is 4.77. The summed E-state index contributed by atoms with van der Waals surface area (Å²) in [5.74, 6) is 5.27. The molecule has 1 heterocycles. The highest BCUT2D eigenvalue weighted by Crippen LogP contribution is 2.20. The van der Waals surface area contributed by atoms with E-state index in [0.717, 1.165) is 0 Å². The monoisotopic (exact) mass is 275 g/mol. The standard InChI is InChI=1S/C13H10ClN3O2/c14-10-3-4-11(9(8-10)2-1-6-15)17-13(18)12-5-7-16-19-12/h3-5,7-8H,6,15H2,(H,17,18). The molecule has 0 saturated heterocycles. The van der Waals surface area contributed by atoms with Crippen molar-refractivity contribution in [3.63, 3.8) is 0 Å². The second kappa shape index (κ2) is 6.05. The number of anilines is 1. The minimum atomic E-state index is -0.407. The van der Waals surface area contributed by atoms with Crippen LogP contribution in [0.2, 0.25) is 5.02 Å². The molecule has 0 saturated carbocycles. The van der Waals surface area contributed by atoms with E-state index in [2.05, 4.69) is 22.3 Å². The number of rotatable bonds is 2. The first-order valence-electron chi connectivity index (χ1n) is 5.41. The average molecular weight is 276 g/mol. The molecule has 96 valence electrons. The van der Waals surface area contributed by atoms with Crippen molar-refractivity contribution in [1.82, 2.24) is 5.16 Å². The van der Waals surface area contributed by atoms with Gasteiger partial charge in [0.05, 0.1) is 18.4 Å². The first-order valence-corrected chi connectivity index (χ1v) is 5.79. The summed E-state index contributed by atoms with van der Waals surface area (Å²) in [7, 11) is 0. The van der Waals surface area contributed by atoms with Gasteiger partial charge < -0.3 is 15.6 Å². The molecule has 0 aliphatic heterocycles. The summed E-state index contributed by atoms with van der Waals surface area (Å²) in [6.45, 7) is 0.224. The van der Waals surface area contributed by atoms with E-state index in [1.54, 1.807) is 18.2 Å². The van der Waals surface area contributed by atoms with Crippen molar-refractivity contribution in [2.24, 2.45) is 5.73 Å². The number of hydrogen-bond donors (Lipinski definition) is 2. The molecule has 2 aromatic rings. The number of nitrogens with zero attached hydrogens (tertiary/aromatic N) is 1. The van der Waals surface area contributed by atoms with Gasteiger partial charge in [0.25, 0.3) is 5.91 Å². The number of nitrogens with two attached hydrogens (primary N) is 1. The number of carbonyl (C=O) groups is 1. The summed E-state index contributed by atoms with van der Waals surface area (Å²) >= 11 is 5.89. The predicted octanol–water partition coefficient (Wildman–Crippen LogP) is 1.89. The van der Waals surface area contributed by atoms with Crippen LogP contribution in [0, 0.1) is 11.8 Å². The lowest BCUT2D eigenvalue weighted by atomic mass is 10.1. The molecule has 6 heteroatoms. The lowest BCUT2D eigenvalue weighted by Gasteiger charge is -2.06. The molecule has 0 radical (unpaired) electrons. The van der Waals surface area contributed by atoms with Crippen molar-refractivity contribution in [1.29, 1.82) is 0 Å². The number of halogens is 1. The number of amides is 1. The van der Waals surface area contributed by atoms with Crippen LogP contribution in [0.25, 0.3) is 0 Å². The Bertz CT molecular complexity index is 642. The molecule has 3 N–H and O–H groups in total. The molecule has 0 aliphatic rings. The molecule has 0 spiro atoms. The van der Waals surface area contributed by atoms with Gasteiger partial charge in [-0.2, -0.15) is 0 Å². The maximum Gasteiger partial charge on any atom is 0.294 e. The van der Waals surface area contributed by atoms with Crippen molar-refractivity contribution < 1.29 is 9.32 Å². The highest BCUT2D eigenvalue weighted by molar-refractivity contribution is 6.30. The Morgan fingerprint density at radius 2 is 2.32 bits per heavy atom. The normalized spacial score (nSPS) is 9.58. The molecule has 0 atom stereocenters. The number of benzene rings is 1. The summed E-state index contributed by atoms with van der Waals surface area (Å²) in [6.07, 6.45) is 1.39. The molecule has 0 aliphatic carbocycles. The van der Waals surface area contributed by atoms with Gasteiger partial charge in [-0.1, -0.05) is 28.6 Å². The second-order valence-corrected chi connectivity index (χ2v) is 3.96. The molecule has 5 nitrogen and oxygen atoms in total. The maximum atomic E-state index is 11.8. The Labute approximate surface area is 114 Å². The number of hydrogen-bond acceptors (Lipinski definition) is 4. The SMILES string of the molecule is NCC#Cc1cc(Cl)ccc1NC(=O)c1ccno1. The zero-order valence-electron chi connectivity index (χ0n) is 9.81. The number of carbonyl (C=O) groups excluding carboxylic acids is 1. The fraction of sp³-hybridized carbons (Fsp3) is 0.0769. The zero-order chi connectivity index (χ0) is 13.7. The van der Waals surface area contributed by atoms with Gasteiger partial charge >= 0.3 is 0 Å². The minimum Gasteiger partial charge on any atom is -0.351 e. The van der Waals surface area contributed by atoms with E-state index in [0.29, 0.717) is 16.3 Å². The molecule has 0 bridgehead atoms. The van der Waals surface area contributed by atoms with E-state index < -0.39 is 5.91 Å². The molecule has 2 rings (SSSR count). The predicted molar refractivity (Wildman–Crippen MR) is 71.8 cm³/mol. The fourth-order valence-corrected chi connectivity index (χ4v) is 1.56. The van der Waals surface area contributed by atoms with Crippen molar-refractivity contribution in [2.75, 3.05) is 11.9 Å². The highest BCUT2D eigenvalue weighted by atomic mass is 35.5. The van der Waals surface area contributed by atoms with Crippen molar-refractivity contribution >= 4 is 23.2 Å². The van der Waals surface area contributed by atoms with Gasteiger partial charge in [0.1, 0.15) is 0 Å². The molecule has 0 unspecified atom stereocenters. The Balaban J connectivity index is 2.27. The van der Waals surface area contributed by atoms with Crippen LogP contribution >= 0.6 is 11.6 Å². The quantitative estimate of drug-likeness (QED) is 0.820. The number of aromatic nitrogens is 1. The van der Waals surface area contributed by atoms with Crippen molar-refractivity contribution in [2.45, 2.75) is 0 Å². The zero-order valence-corrected chi connectivity index (χ0v) is 10.6. The van der Waals surface area contributed by atoms with E-state index in [1.807, 2.05) is 0 Å². The first kappa shape index (κ1) is 13.1. The van der Waals surface area contributed by atoms with Gasteiger partial charge in [0.15, 0.2) is 0 Å². The maximum absolute atomic E-state index is 11.8. The molecule has 1 aromatic heterocycles. The minimum absolute atomic E-state index is 0.118. The molecular formula is C13H10ClN3O2. The van der Waals surface area contributed by atoms with Crippen LogP contribution in [-0.4, -0.2) is 17.6 Å². The lowest BCUT2D eigenvalue weighted by molar-refractivity contribution is 0.0988. The highest BCUT2D eigenvalue weighted by Gasteiger charge is 2.11. The third kappa shape index (κ3) is 3.35. The Morgan fingerprint density at radius 1 is 1.47 bits per heavy atom. The summed E-state index contributed by atoms with van der Waals surface area (Å²) in [5, 5.41) is 6.67. The lowest BCUT2D eigenvalue weighted by Crippen LogP contribution is -2.12. The van der Waals surface area contributed by atoms with Crippen LogP contribution in [0.1, 0.15) is 16.1 Å². The van der Waals surface area contributed by atoms with E-state index >= 15 is 0 Å². The van der Waals surface area contributed by atoms with E-state index in [9.17, 15) is 4.79 Å². The molecule has 0 fully saturated rings. The van der Waals surface area contributed by atoms with Gasteiger partial charge in [-0.15, -0.1) is 0 Å². The van der Waals surface area contributed by atoms with Crippen molar-refractivity contribution in [3.05, 3.63) is 46.8 Å². The van der Waals surface area contributed by atoms with Crippen molar-refractivity contribution in [3.8, 4) is 11.8 Å². The Kier molecular flexibility index (Phi) is 4.18. The van der Waals surface area contributed by atoms with E-state index in [1.165, 1.54) is 12.3 Å². The fourth-order valence-electron chi connectivity index (χ4n) is 1.39. The van der Waals surface area contributed by atoms with Crippen LogP contribution in [0.4, 0.5) is 5.69 Å². The van der Waals surface area contributed by atoms with Gasteiger partial charge in [-0.05, 0) is 18.2 Å². The third-order valence-corrected chi connectivity index (χ3v) is 2.45. The Morgan fingerprint density at radius 3 is 3.00 bits per heavy atom. The average Bonchev–Trinajstić information content (AvgIpc) is 2.93. The summed E-state index contributed by atoms with van der Waals surface area (Å²) in [5.41, 5.74) is 6.45. The van der Waals surface area contributed by atoms with Gasteiger partial charge in [0, 0.05) is 16.7 Å². The van der Waals surface area contributed by atoms with Crippen LogP contribution in [0.15, 0.2) is 35.0 Å². The summed E-state index contributed by atoms with van der Waals surface area (Å²) in [6, 6.07) is 6.44. The van der Waals surface area contributed by atoms with Crippen LogP contribution in [-0.2, 0) is 0 Å². The van der Waals surface area contributed by atoms with E-state index in [-0.39, 0.29) is 12.3 Å². The smallest absolute Gasteiger partial charge is 0.294 e. The van der Waals surface area contributed by atoms with Gasteiger partial charge in [-0.3, -0.25) is 4.79 Å². The third-order valence-electron chi connectivity index (χ3n) is 2.22. The van der Waals surface area contributed by atoms with Gasteiger partial charge in [-0.25, -0.2) is 0 Å². The van der Waals surface area contributed by atoms with Gasteiger partial charge in [0.2, 0.25) is 5.76 Å². The van der Waals surface area contributed by atoms with E-state index in [4.69, 9.17) is 21.9 Å². The first-order chi connectivity index (χ1) is 9.20. The van der Waals surface area contributed by atoms with Crippen LogP contribution in [0.5, 0.6) is 0 Å². The number of nitrogens with one attached hydrogen (secondary N) is 1. The van der Waals surface area contributed by atoms with Crippen LogP contribution < -0.4 is 11.1 Å². The molecular weight excluding hydrogens is 266 g/mol. The largest absolute Gasteiger partial charge is 0.351 e. The molecule has 19 heavy (non-hydrogen) atoms.